The van der Waals surface area contributed by atoms with Gasteiger partial charge in [0.25, 0.3) is 0 Å². The van der Waals surface area contributed by atoms with Crippen molar-refractivity contribution < 1.29 is 9.90 Å². The highest BCUT2D eigenvalue weighted by Crippen LogP contribution is 2.36. The van der Waals surface area contributed by atoms with Crippen molar-refractivity contribution in [1.29, 1.82) is 0 Å². The van der Waals surface area contributed by atoms with Gasteiger partial charge in [0.2, 0.25) is 0 Å². The molecule has 0 radical (unpaired) electrons. The van der Waals surface area contributed by atoms with Gasteiger partial charge in [-0.05, 0) is 59.3 Å². The zero-order valence-corrected chi connectivity index (χ0v) is 18.8. The maximum absolute atomic E-state index is 11.4. The largest absolute Gasteiger partial charge is 0.481 e. The summed E-state index contributed by atoms with van der Waals surface area (Å²) in [6.07, 6.45) is 0.568. The van der Waals surface area contributed by atoms with Gasteiger partial charge >= 0.3 is 5.97 Å². The maximum Gasteiger partial charge on any atom is 0.303 e. The third-order valence-corrected chi connectivity index (χ3v) is 6.25. The number of carbonyl (C=O) groups is 1. The van der Waals surface area contributed by atoms with E-state index in [1.54, 1.807) is 11.3 Å². The highest BCUT2D eigenvalue weighted by molar-refractivity contribution is 7.12. The lowest BCUT2D eigenvalue weighted by atomic mass is 9.86. The molecule has 0 bridgehead atoms. The van der Waals surface area contributed by atoms with Gasteiger partial charge in [0.05, 0.1) is 10.6 Å². The third kappa shape index (κ3) is 5.87. The van der Waals surface area contributed by atoms with Crippen molar-refractivity contribution in [1.82, 2.24) is 0 Å². The summed E-state index contributed by atoms with van der Waals surface area (Å²) in [5.41, 5.74) is 10.9. The molecule has 0 amide bonds. The lowest BCUT2D eigenvalue weighted by Gasteiger charge is -2.21. The van der Waals surface area contributed by atoms with Crippen LogP contribution in [0.25, 0.3) is 0 Å². The average Bonchev–Trinajstić information content (AvgIpc) is 3.37. The molecular weight excluding hydrogens is 430 g/mol. The molecule has 0 spiro atoms. The van der Waals surface area contributed by atoms with Gasteiger partial charge in [-0.15, -0.1) is 11.3 Å². The van der Waals surface area contributed by atoms with E-state index >= 15 is 0 Å². The number of nitrogens with zero attached hydrogens (tertiary/aromatic N) is 1. The van der Waals surface area contributed by atoms with Crippen LogP contribution in [0.15, 0.2) is 101 Å². The number of aliphatic carboxylic acids is 1. The quantitative estimate of drug-likeness (QED) is 0.198. The van der Waals surface area contributed by atoms with Crippen LogP contribution in [0.4, 0.5) is 17.1 Å². The summed E-state index contributed by atoms with van der Waals surface area (Å²) < 4.78 is 0. The summed E-state index contributed by atoms with van der Waals surface area (Å²) in [4.78, 5) is 16.8. The molecule has 1 atom stereocenters. The van der Waals surface area contributed by atoms with Gasteiger partial charge in [0.15, 0.2) is 0 Å². The number of carboxylic acids is 1. The number of hydrogen-bond acceptors (Lipinski definition) is 4. The molecule has 4 aromatic rings. The number of hydrogen-bond donors (Lipinski definition) is 3. The molecular formula is C27H25N3O2S. The van der Waals surface area contributed by atoms with E-state index in [1.807, 2.05) is 90.3 Å². The molecule has 1 heterocycles. The topological polar surface area (TPSA) is 87.7 Å². The van der Waals surface area contributed by atoms with Crippen LogP contribution in [0, 0.1) is 0 Å². The molecule has 1 aromatic heterocycles. The molecule has 5 nitrogen and oxygen atoms in total. The standard InChI is InChI=1S/C27H25N3O2S/c28-27(25-11-6-18-33-25)30-21-14-12-19(13-15-21)22(16-17-26(31)32)23-9-4-5-10-24(23)29-20-7-2-1-3-8-20/h1-15,18,22,29H,16-17H2,(H2,28,30)(H,31,32). The van der Waals surface area contributed by atoms with Gasteiger partial charge in [-0.2, -0.15) is 0 Å². The Morgan fingerprint density at radius 3 is 2.36 bits per heavy atom. The normalized spacial score (nSPS) is 12.3. The first-order chi connectivity index (χ1) is 16.1. The lowest BCUT2D eigenvalue weighted by molar-refractivity contribution is -0.137. The molecule has 0 aliphatic carbocycles. The molecule has 1 unspecified atom stereocenters. The van der Waals surface area contributed by atoms with Crippen LogP contribution < -0.4 is 11.1 Å². The van der Waals surface area contributed by atoms with E-state index in [4.69, 9.17) is 5.73 Å². The van der Waals surface area contributed by atoms with Gasteiger partial charge in [0.1, 0.15) is 5.84 Å². The number of thiophene rings is 1. The molecule has 6 heteroatoms. The number of anilines is 2. The summed E-state index contributed by atoms with van der Waals surface area (Å²) in [6.45, 7) is 0. The Labute approximate surface area is 197 Å². The summed E-state index contributed by atoms with van der Waals surface area (Å²) in [7, 11) is 0. The molecule has 0 fully saturated rings. The second kappa shape index (κ2) is 10.6. The Morgan fingerprint density at radius 2 is 1.67 bits per heavy atom. The summed E-state index contributed by atoms with van der Waals surface area (Å²) >= 11 is 1.55. The Kier molecular flexibility index (Phi) is 7.17. The van der Waals surface area contributed by atoms with Crippen LogP contribution in [0.3, 0.4) is 0 Å². The number of para-hydroxylation sites is 2. The predicted molar refractivity (Wildman–Crippen MR) is 136 cm³/mol. The number of nitrogens with one attached hydrogen (secondary N) is 1. The maximum atomic E-state index is 11.4. The second-order valence-corrected chi connectivity index (χ2v) is 8.58. The Morgan fingerprint density at radius 1 is 0.939 bits per heavy atom. The third-order valence-electron chi connectivity index (χ3n) is 5.35. The average molecular weight is 456 g/mol. The number of carboxylic acid groups (broad SMARTS) is 1. The fourth-order valence-corrected chi connectivity index (χ4v) is 4.39. The van der Waals surface area contributed by atoms with E-state index in [0.717, 1.165) is 33.1 Å². The number of aliphatic imine (C=N–C) groups is 1. The van der Waals surface area contributed by atoms with Gasteiger partial charge in [-0.25, -0.2) is 4.99 Å². The minimum Gasteiger partial charge on any atom is -0.481 e. The first-order valence-corrected chi connectivity index (χ1v) is 11.6. The molecule has 0 saturated heterocycles. The minimum atomic E-state index is -0.807. The summed E-state index contributed by atoms with van der Waals surface area (Å²) in [5, 5.41) is 14.8. The van der Waals surface area contributed by atoms with E-state index in [9.17, 15) is 9.90 Å². The first-order valence-electron chi connectivity index (χ1n) is 10.7. The van der Waals surface area contributed by atoms with Crippen LogP contribution in [0.5, 0.6) is 0 Å². The fraction of sp³-hybridized carbons (Fsp3) is 0.111. The first kappa shape index (κ1) is 22.3. The fourth-order valence-electron chi connectivity index (χ4n) is 3.76. The van der Waals surface area contributed by atoms with Gasteiger partial charge in [-0.3, -0.25) is 4.79 Å². The predicted octanol–water partition coefficient (Wildman–Crippen LogP) is 6.53. The molecule has 33 heavy (non-hydrogen) atoms. The van der Waals surface area contributed by atoms with E-state index in [1.165, 1.54) is 0 Å². The van der Waals surface area contributed by atoms with Crippen molar-refractivity contribution in [2.24, 2.45) is 10.7 Å². The molecule has 0 aliphatic heterocycles. The van der Waals surface area contributed by atoms with Crippen molar-refractivity contribution in [3.05, 3.63) is 112 Å². The van der Waals surface area contributed by atoms with Crippen LogP contribution in [0.1, 0.15) is 34.8 Å². The van der Waals surface area contributed by atoms with Crippen molar-refractivity contribution in [3.8, 4) is 0 Å². The monoisotopic (exact) mass is 455 g/mol. The lowest BCUT2D eigenvalue weighted by Crippen LogP contribution is -2.10. The van der Waals surface area contributed by atoms with E-state index in [-0.39, 0.29) is 12.3 Å². The van der Waals surface area contributed by atoms with Crippen molar-refractivity contribution in [2.75, 3.05) is 5.32 Å². The van der Waals surface area contributed by atoms with Crippen molar-refractivity contribution in [3.63, 3.8) is 0 Å². The van der Waals surface area contributed by atoms with Gasteiger partial charge < -0.3 is 16.2 Å². The summed E-state index contributed by atoms with van der Waals surface area (Å²) in [5.74, 6) is -0.405. The smallest absolute Gasteiger partial charge is 0.303 e. The minimum absolute atomic E-state index is 0.0789. The number of rotatable bonds is 9. The number of amidine groups is 1. The van der Waals surface area contributed by atoms with E-state index in [0.29, 0.717) is 12.3 Å². The number of benzene rings is 3. The van der Waals surface area contributed by atoms with Crippen LogP contribution in [-0.4, -0.2) is 16.9 Å². The highest BCUT2D eigenvalue weighted by atomic mass is 32.1. The molecule has 0 saturated carbocycles. The van der Waals surface area contributed by atoms with Gasteiger partial charge in [-0.1, -0.05) is 54.6 Å². The summed E-state index contributed by atoms with van der Waals surface area (Å²) in [6, 6.07) is 29.7. The van der Waals surface area contributed by atoms with Crippen LogP contribution in [0.2, 0.25) is 0 Å². The molecule has 0 aliphatic rings. The molecule has 166 valence electrons. The van der Waals surface area contributed by atoms with Crippen LogP contribution >= 0.6 is 11.3 Å². The van der Waals surface area contributed by atoms with E-state index < -0.39 is 5.97 Å². The van der Waals surface area contributed by atoms with Crippen LogP contribution in [-0.2, 0) is 4.79 Å². The van der Waals surface area contributed by atoms with E-state index in [2.05, 4.69) is 16.4 Å². The zero-order chi connectivity index (χ0) is 23.0. The highest BCUT2D eigenvalue weighted by Gasteiger charge is 2.19. The Bertz CT molecular complexity index is 1220. The SMILES string of the molecule is NC(=Nc1ccc(C(CCC(=O)O)c2ccccc2Nc2ccccc2)cc1)c1cccs1. The number of nitrogens with two attached hydrogens (primary N) is 1. The Balaban J connectivity index is 1.64. The van der Waals surface area contributed by atoms with Gasteiger partial charge in [0, 0.05) is 23.7 Å². The molecule has 3 aromatic carbocycles. The van der Waals surface area contributed by atoms with Crippen molar-refractivity contribution in [2.45, 2.75) is 18.8 Å². The Hall–Kier alpha value is -3.90. The second-order valence-electron chi connectivity index (χ2n) is 7.63. The molecule has 4 N–H and O–H groups in total. The van der Waals surface area contributed by atoms with Crippen molar-refractivity contribution >= 4 is 40.2 Å². The zero-order valence-electron chi connectivity index (χ0n) is 18.0. The molecule has 4 rings (SSSR count).